The van der Waals surface area contributed by atoms with E-state index in [-0.39, 0.29) is 10.7 Å². The smallest absolute Gasteiger partial charge is 0.348 e. The Hall–Kier alpha value is -2.73. The van der Waals surface area contributed by atoms with E-state index in [9.17, 15) is 14.0 Å². The number of hydrogen-bond donors (Lipinski definition) is 1. The normalized spacial score (nSPS) is 10.7. The minimum absolute atomic E-state index is 0.263. The Kier molecular flexibility index (Phi) is 4.81. The molecule has 0 spiro atoms. The van der Waals surface area contributed by atoms with Crippen LogP contribution in [0.3, 0.4) is 0 Å². The molecule has 0 radical (unpaired) electrons. The molecule has 0 aliphatic heterocycles. The van der Waals surface area contributed by atoms with Crippen LogP contribution >= 0.6 is 11.3 Å². The summed E-state index contributed by atoms with van der Waals surface area (Å²) in [5.74, 6) is -1.46. The average molecular weight is 357 g/mol. The first-order valence-corrected chi connectivity index (χ1v) is 8.48. The largest absolute Gasteiger partial charge is 0.451 e. The van der Waals surface area contributed by atoms with E-state index in [1.54, 1.807) is 18.2 Å². The highest BCUT2D eigenvalue weighted by molar-refractivity contribution is 7.20. The number of benzene rings is 2. The van der Waals surface area contributed by atoms with Crippen molar-refractivity contribution in [2.45, 2.75) is 13.8 Å². The molecule has 3 rings (SSSR count). The van der Waals surface area contributed by atoms with Gasteiger partial charge < -0.3 is 10.1 Å². The molecule has 3 aromatic rings. The van der Waals surface area contributed by atoms with E-state index < -0.39 is 18.5 Å². The number of rotatable bonds is 4. The number of esters is 1. The van der Waals surface area contributed by atoms with Crippen LogP contribution in [0.4, 0.5) is 10.1 Å². The van der Waals surface area contributed by atoms with E-state index >= 15 is 0 Å². The van der Waals surface area contributed by atoms with Crippen LogP contribution in [0.5, 0.6) is 0 Å². The molecule has 0 saturated heterocycles. The molecule has 0 unspecified atom stereocenters. The average Bonchev–Trinajstić information content (AvgIpc) is 3.02. The van der Waals surface area contributed by atoms with Gasteiger partial charge in [-0.2, -0.15) is 0 Å². The quantitative estimate of drug-likeness (QED) is 0.702. The van der Waals surface area contributed by atoms with Gasteiger partial charge in [0, 0.05) is 15.8 Å². The number of hydrogen-bond acceptors (Lipinski definition) is 4. The summed E-state index contributed by atoms with van der Waals surface area (Å²) < 4.78 is 19.4. The molecule has 2 aromatic carbocycles. The van der Waals surface area contributed by atoms with E-state index in [4.69, 9.17) is 4.74 Å². The first kappa shape index (κ1) is 17.1. The summed E-state index contributed by atoms with van der Waals surface area (Å²) in [5, 5.41) is 3.05. The van der Waals surface area contributed by atoms with Gasteiger partial charge in [-0.05, 0) is 55.3 Å². The lowest BCUT2D eigenvalue weighted by atomic mass is 10.1. The zero-order chi connectivity index (χ0) is 18.0. The molecule has 4 nitrogen and oxygen atoms in total. The Labute approximate surface area is 148 Å². The van der Waals surface area contributed by atoms with E-state index in [1.807, 2.05) is 26.0 Å². The maximum absolute atomic E-state index is 13.7. The molecular weight excluding hydrogens is 341 g/mol. The van der Waals surface area contributed by atoms with Gasteiger partial charge in [0.15, 0.2) is 6.61 Å². The van der Waals surface area contributed by atoms with E-state index in [0.717, 1.165) is 22.5 Å². The van der Waals surface area contributed by atoms with E-state index in [2.05, 4.69) is 5.32 Å². The molecule has 0 fully saturated rings. The van der Waals surface area contributed by atoms with Crippen molar-refractivity contribution in [3.63, 3.8) is 0 Å². The van der Waals surface area contributed by atoms with Crippen molar-refractivity contribution in [1.29, 1.82) is 0 Å². The minimum atomic E-state index is -0.643. The Bertz CT molecular complexity index is 964. The first-order chi connectivity index (χ1) is 11.9. The second kappa shape index (κ2) is 7.03. The van der Waals surface area contributed by atoms with Gasteiger partial charge in [0.05, 0.1) is 0 Å². The van der Waals surface area contributed by atoms with Crippen LogP contribution in [0, 0.1) is 19.7 Å². The number of aryl methyl sites for hydroxylation is 2. The molecule has 1 heterocycles. The SMILES string of the molecule is Cc1ccc(NC(=O)COC(=O)c2cc3c(F)cccc3s2)cc1C. The fourth-order valence-electron chi connectivity index (χ4n) is 2.34. The highest BCUT2D eigenvalue weighted by atomic mass is 32.1. The molecule has 0 aliphatic rings. The summed E-state index contributed by atoms with van der Waals surface area (Å²) in [6.07, 6.45) is 0. The molecule has 128 valence electrons. The fraction of sp³-hybridized carbons (Fsp3) is 0.158. The summed E-state index contributed by atoms with van der Waals surface area (Å²) >= 11 is 1.13. The van der Waals surface area contributed by atoms with Gasteiger partial charge in [0.25, 0.3) is 5.91 Å². The number of carbonyl (C=O) groups excluding carboxylic acids is 2. The number of halogens is 1. The van der Waals surface area contributed by atoms with Crippen molar-refractivity contribution in [3.8, 4) is 0 Å². The molecule has 0 atom stereocenters. The molecule has 1 amide bonds. The molecule has 0 saturated carbocycles. The van der Waals surface area contributed by atoms with Crippen LogP contribution in [0.2, 0.25) is 0 Å². The highest BCUT2D eigenvalue weighted by Crippen LogP contribution is 2.28. The monoisotopic (exact) mass is 357 g/mol. The van der Waals surface area contributed by atoms with Crippen LogP contribution < -0.4 is 5.32 Å². The lowest BCUT2D eigenvalue weighted by Gasteiger charge is -2.08. The number of anilines is 1. The summed E-state index contributed by atoms with van der Waals surface area (Å²) in [6.45, 7) is 3.53. The van der Waals surface area contributed by atoms with Crippen LogP contribution in [-0.4, -0.2) is 18.5 Å². The van der Waals surface area contributed by atoms with Crippen LogP contribution in [0.15, 0.2) is 42.5 Å². The van der Waals surface area contributed by atoms with Crippen molar-refractivity contribution in [2.75, 3.05) is 11.9 Å². The summed E-state index contributed by atoms with van der Waals surface area (Å²) in [6, 6.07) is 11.6. The molecule has 1 aromatic heterocycles. The van der Waals surface area contributed by atoms with Gasteiger partial charge in [0.2, 0.25) is 0 Å². The maximum atomic E-state index is 13.7. The Balaban J connectivity index is 1.61. The van der Waals surface area contributed by atoms with Crippen molar-refractivity contribution >= 4 is 39.0 Å². The zero-order valence-corrected chi connectivity index (χ0v) is 14.6. The standard InChI is InChI=1S/C19H16FNO3S/c1-11-6-7-13(8-12(11)2)21-18(22)10-24-19(23)17-9-14-15(20)4-3-5-16(14)25-17/h3-9H,10H2,1-2H3,(H,21,22). The number of ether oxygens (including phenoxy) is 1. The van der Waals surface area contributed by atoms with Crippen molar-refractivity contribution < 1.29 is 18.7 Å². The Morgan fingerprint density at radius 3 is 2.64 bits per heavy atom. The summed E-state index contributed by atoms with van der Waals surface area (Å²) in [5.41, 5.74) is 2.83. The number of carbonyl (C=O) groups is 2. The lowest BCUT2D eigenvalue weighted by Crippen LogP contribution is -2.20. The minimum Gasteiger partial charge on any atom is -0.451 e. The van der Waals surface area contributed by atoms with Crippen LogP contribution in [0.25, 0.3) is 10.1 Å². The van der Waals surface area contributed by atoms with Crippen LogP contribution in [-0.2, 0) is 9.53 Å². The van der Waals surface area contributed by atoms with Crippen molar-refractivity contribution in [3.05, 3.63) is 64.3 Å². The Morgan fingerprint density at radius 1 is 1.12 bits per heavy atom. The van der Waals surface area contributed by atoms with Crippen molar-refractivity contribution in [2.24, 2.45) is 0 Å². The second-order valence-corrected chi connectivity index (χ2v) is 6.77. The molecular formula is C19H16FNO3S. The summed E-state index contributed by atoms with van der Waals surface area (Å²) in [4.78, 5) is 24.3. The van der Waals surface area contributed by atoms with Gasteiger partial charge >= 0.3 is 5.97 Å². The maximum Gasteiger partial charge on any atom is 0.348 e. The molecule has 0 aliphatic carbocycles. The zero-order valence-electron chi connectivity index (χ0n) is 13.8. The van der Waals surface area contributed by atoms with E-state index in [0.29, 0.717) is 15.8 Å². The second-order valence-electron chi connectivity index (χ2n) is 5.69. The van der Waals surface area contributed by atoms with Gasteiger partial charge in [-0.1, -0.05) is 12.1 Å². The summed E-state index contributed by atoms with van der Waals surface area (Å²) in [7, 11) is 0. The predicted molar refractivity (Wildman–Crippen MR) is 96.6 cm³/mol. The van der Waals surface area contributed by atoms with Gasteiger partial charge in [-0.3, -0.25) is 4.79 Å². The third kappa shape index (κ3) is 3.85. The number of nitrogens with one attached hydrogen (secondary N) is 1. The van der Waals surface area contributed by atoms with Gasteiger partial charge in [-0.15, -0.1) is 11.3 Å². The number of fused-ring (bicyclic) bond motifs is 1. The van der Waals surface area contributed by atoms with Gasteiger partial charge in [0.1, 0.15) is 10.7 Å². The van der Waals surface area contributed by atoms with Gasteiger partial charge in [-0.25, -0.2) is 9.18 Å². The highest BCUT2D eigenvalue weighted by Gasteiger charge is 2.15. The molecule has 25 heavy (non-hydrogen) atoms. The Morgan fingerprint density at radius 2 is 1.92 bits per heavy atom. The van der Waals surface area contributed by atoms with Crippen molar-refractivity contribution in [1.82, 2.24) is 0 Å². The lowest BCUT2D eigenvalue weighted by molar-refractivity contribution is -0.119. The number of amides is 1. The number of thiophene rings is 1. The third-order valence-corrected chi connectivity index (χ3v) is 4.91. The molecule has 1 N–H and O–H groups in total. The third-order valence-electron chi connectivity index (χ3n) is 3.83. The topological polar surface area (TPSA) is 55.4 Å². The van der Waals surface area contributed by atoms with Crippen LogP contribution in [0.1, 0.15) is 20.8 Å². The molecule has 0 bridgehead atoms. The fourth-order valence-corrected chi connectivity index (χ4v) is 3.31. The molecule has 6 heteroatoms. The predicted octanol–water partition coefficient (Wildman–Crippen LogP) is 4.45. The van der Waals surface area contributed by atoms with E-state index in [1.165, 1.54) is 12.1 Å². The first-order valence-electron chi connectivity index (χ1n) is 7.66.